The van der Waals surface area contributed by atoms with Crippen LogP contribution in [-0.4, -0.2) is 38.4 Å². The summed E-state index contributed by atoms with van der Waals surface area (Å²) in [6.07, 6.45) is 1.20. The predicted octanol–water partition coefficient (Wildman–Crippen LogP) is 0.636. The molecule has 3 aromatic heterocycles. The summed E-state index contributed by atoms with van der Waals surface area (Å²) < 4.78 is 25.6. The van der Waals surface area contributed by atoms with Gasteiger partial charge in [0.05, 0.1) is 4.88 Å². The molecule has 3 aromatic rings. The molecule has 10 heteroatoms. The van der Waals surface area contributed by atoms with Crippen LogP contribution in [-0.2, 0) is 22.6 Å². The number of aromatic nitrogens is 6. The zero-order valence-corrected chi connectivity index (χ0v) is 12.0. The van der Waals surface area contributed by atoms with Crippen molar-refractivity contribution in [3.63, 3.8) is 0 Å². The van der Waals surface area contributed by atoms with Crippen molar-refractivity contribution >= 4 is 21.2 Å². The zero-order chi connectivity index (χ0) is 14.2. The first-order valence-corrected chi connectivity index (χ1v) is 8.11. The average molecular weight is 310 g/mol. The molecule has 20 heavy (non-hydrogen) atoms. The van der Waals surface area contributed by atoms with Crippen molar-refractivity contribution in [2.45, 2.75) is 10.9 Å². The highest BCUT2D eigenvalue weighted by Crippen LogP contribution is 2.21. The molecule has 0 aliphatic carbocycles. The van der Waals surface area contributed by atoms with E-state index in [1.54, 1.807) is 0 Å². The molecule has 0 spiro atoms. The van der Waals surface area contributed by atoms with E-state index < -0.39 is 9.84 Å². The fourth-order valence-electron chi connectivity index (χ4n) is 1.69. The van der Waals surface area contributed by atoms with Crippen LogP contribution in [0.1, 0.15) is 5.82 Å². The van der Waals surface area contributed by atoms with E-state index in [2.05, 4.69) is 25.3 Å². The highest BCUT2D eigenvalue weighted by Gasteiger charge is 2.23. The summed E-state index contributed by atoms with van der Waals surface area (Å²) in [5.74, 6) is 0.470. The summed E-state index contributed by atoms with van der Waals surface area (Å²) in [6, 6.07) is 3.75. The Labute approximate surface area is 118 Å². The van der Waals surface area contributed by atoms with Crippen LogP contribution < -0.4 is 0 Å². The maximum absolute atomic E-state index is 12.2. The quantitative estimate of drug-likeness (QED) is 0.757. The summed E-state index contributed by atoms with van der Waals surface area (Å²) in [6.45, 7) is 0. The number of sulfone groups is 1. The van der Waals surface area contributed by atoms with Crippen molar-refractivity contribution < 1.29 is 8.42 Å². The molecule has 3 rings (SSSR count). The molecule has 0 unspecified atom stereocenters. The van der Waals surface area contributed by atoms with E-state index in [0.29, 0.717) is 5.82 Å². The molecular weight excluding hydrogens is 300 g/mol. The molecule has 104 valence electrons. The van der Waals surface area contributed by atoms with Crippen LogP contribution in [0.3, 0.4) is 0 Å². The maximum Gasteiger partial charge on any atom is 0.245 e. The van der Waals surface area contributed by atoms with Crippen LogP contribution in [0.2, 0.25) is 0 Å². The molecule has 0 aromatic carbocycles. The lowest BCUT2D eigenvalue weighted by atomic mass is 10.4. The van der Waals surface area contributed by atoms with Gasteiger partial charge in [-0.2, -0.15) is 10.2 Å². The molecule has 0 bridgehead atoms. The van der Waals surface area contributed by atoms with Gasteiger partial charge in [0, 0.05) is 7.05 Å². The lowest BCUT2D eigenvalue weighted by Gasteiger charge is -1.99. The standard InChI is InChI=1S/C10H10N6O2S2/c1-16-10(11-6-12-16)20(17,18)5-8-13-9(15-14-8)7-3-2-4-19-7/h2-4,6H,5H2,1H3,(H,13,14,15). The van der Waals surface area contributed by atoms with Crippen molar-refractivity contribution in [3.05, 3.63) is 29.7 Å². The fourth-order valence-corrected chi connectivity index (χ4v) is 3.62. The van der Waals surface area contributed by atoms with Crippen LogP contribution in [0.4, 0.5) is 0 Å². The smallest absolute Gasteiger partial charge is 0.245 e. The molecule has 0 radical (unpaired) electrons. The molecule has 8 nitrogen and oxygen atoms in total. The van der Waals surface area contributed by atoms with E-state index >= 15 is 0 Å². The number of H-pyrrole nitrogens is 1. The molecule has 0 atom stereocenters. The highest BCUT2D eigenvalue weighted by atomic mass is 32.2. The summed E-state index contributed by atoms with van der Waals surface area (Å²) in [5.41, 5.74) is 0. The highest BCUT2D eigenvalue weighted by molar-refractivity contribution is 7.90. The topological polar surface area (TPSA) is 106 Å². The number of aryl methyl sites for hydroxylation is 1. The second-order valence-corrected chi connectivity index (χ2v) is 6.84. The van der Waals surface area contributed by atoms with Crippen LogP contribution in [0.25, 0.3) is 10.7 Å². The minimum Gasteiger partial charge on any atom is -0.262 e. The fraction of sp³-hybridized carbons (Fsp3) is 0.200. The number of nitrogens with zero attached hydrogens (tertiary/aromatic N) is 5. The van der Waals surface area contributed by atoms with Crippen LogP contribution in [0, 0.1) is 0 Å². The first-order chi connectivity index (χ1) is 9.56. The van der Waals surface area contributed by atoms with Gasteiger partial charge in [-0.3, -0.25) is 5.10 Å². The Morgan fingerprint density at radius 3 is 2.95 bits per heavy atom. The molecule has 3 heterocycles. The van der Waals surface area contributed by atoms with Gasteiger partial charge in [-0.15, -0.1) is 11.3 Å². The largest absolute Gasteiger partial charge is 0.262 e. The molecule has 0 aliphatic rings. The number of hydrogen-bond donors (Lipinski definition) is 1. The summed E-state index contributed by atoms with van der Waals surface area (Å²) in [4.78, 5) is 8.81. The Balaban J connectivity index is 1.87. The second kappa shape index (κ2) is 4.80. The average Bonchev–Trinajstić information content (AvgIpc) is 3.06. The Hall–Kier alpha value is -2.07. The molecule has 1 N–H and O–H groups in total. The summed E-state index contributed by atoms with van der Waals surface area (Å²) >= 11 is 1.49. The lowest BCUT2D eigenvalue weighted by molar-refractivity contribution is 0.567. The van der Waals surface area contributed by atoms with Gasteiger partial charge >= 0.3 is 0 Å². The van der Waals surface area contributed by atoms with E-state index in [1.807, 2.05) is 17.5 Å². The van der Waals surface area contributed by atoms with Crippen LogP contribution in [0.15, 0.2) is 29.0 Å². The zero-order valence-electron chi connectivity index (χ0n) is 10.4. The summed E-state index contributed by atoms with van der Waals surface area (Å²) in [7, 11) is -2.07. The van der Waals surface area contributed by atoms with E-state index in [-0.39, 0.29) is 16.7 Å². The Kier molecular flexibility index (Phi) is 3.10. The number of thiophene rings is 1. The van der Waals surface area contributed by atoms with E-state index in [4.69, 9.17) is 0 Å². The third-order valence-electron chi connectivity index (χ3n) is 2.55. The Morgan fingerprint density at radius 1 is 1.45 bits per heavy atom. The molecule has 0 saturated carbocycles. The maximum atomic E-state index is 12.2. The number of nitrogens with one attached hydrogen (secondary N) is 1. The minimum absolute atomic E-state index is 0.0911. The van der Waals surface area contributed by atoms with Gasteiger partial charge in [0.2, 0.25) is 15.0 Å². The van der Waals surface area contributed by atoms with Crippen molar-refractivity contribution in [3.8, 4) is 10.7 Å². The van der Waals surface area contributed by atoms with Gasteiger partial charge in [-0.1, -0.05) is 6.07 Å². The molecule has 0 fully saturated rings. The Bertz CT molecular complexity index is 818. The van der Waals surface area contributed by atoms with Gasteiger partial charge in [-0.05, 0) is 11.4 Å². The summed E-state index contributed by atoms with van der Waals surface area (Å²) in [5, 5.41) is 12.2. The number of aromatic amines is 1. The lowest BCUT2D eigenvalue weighted by Crippen LogP contribution is -2.12. The first-order valence-electron chi connectivity index (χ1n) is 5.58. The monoisotopic (exact) mass is 310 g/mol. The normalized spacial score (nSPS) is 11.8. The Morgan fingerprint density at radius 2 is 2.30 bits per heavy atom. The molecular formula is C10H10N6O2S2. The SMILES string of the molecule is Cn1ncnc1S(=O)(=O)Cc1nc(-c2cccs2)n[nH]1. The van der Waals surface area contributed by atoms with Crippen LogP contribution >= 0.6 is 11.3 Å². The van der Waals surface area contributed by atoms with E-state index in [1.165, 1.54) is 29.4 Å². The second-order valence-electron chi connectivity index (χ2n) is 4.01. The van der Waals surface area contributed by atoms with Gasteiger partial charge in [-0.25, -0.2) is 23.1 Å². The third-order valence-corrected chi connectivity index (χ3v) is 4.99. The van der Waals surface area contributed by atoms with Gasteiger partial charge in [0.15, 0.2) is 5.82 Å². The van der Waals surface area contributed by atoms with Crippen LogP contribution in [0.5, 0.6) is 0 Å². The molecule has 0 aliphatic heterocycles. The number of rotatable bonds is 4. The van der Waals surface area contributed by atoms with Crippen molar-refractivity contribution in [1.82, 2.24) is 29.9 Å². The van der Waals surface area contributed by atoms with Crippen molar-refractivity contribution in [2.75, 3.05) is 0 Å². The first kappa shape index (κ1) is 12.9. The van der Waals surface area contributed by atoms with Crippen molar-refractivity contribution in [2.24, 2.45) is 7.05 Å². The number of hydrogen-bond acceptors (Lipinski definition) is 7. The predicted molar refractivity (Wildman–Crippen MR) is 71.6 cm³/mol. The van der Waals surface area contributed by atoms with E-state index in [9.17, 15) is 8.42 Å². The minimum atomic E-state index is -3.60. The third kappa shape index (κ3) is 2.34. The molecule has 0 amide bonds. The van der Waals surface area contributed by atoms with Gasteiger partial charge in [0.25, 0.3) is 0 Å². The van der Waals surface area contributed by atoms with Crippen molar-refractivity contribution in [1.29, 1.82) is 0 Å². The van der Waals surface area contributed by atoms with Gasteiger partial charge < -0.3 is 0 Å². The van der Waals surface area contributed by atoms with Gasteiger partial charge in [0.1, 0.15) is 17.9 Å². The van der Waals surface area contributed by atoms with E-state index in [0.717, 1.165) is 4.88 Å². The molecule has 0 saturated heterocycles.